The van der Waals surface area contributed by atoms with Crippen LogP contribution in [0.25, 0.3) is 33.5 Å². The lowest BCUT2D eigenvalue weighted by molar-refractivity contribution is -0.384. The number of para-hydroxylation sites is 1. The van der Waals surface area contributed by atoms with Crippen molar-refractivity contribution in [3.05, 3.63) is 108 Å². The molecule has 0 spiro atoms. The number of nitro benzene ring substituents is 1. The molecule has 0 bridgehead atoms. The second-order valence-electron chi connectivity index (χ2n) is 8.28. The zero-order chi connectivity index (χ0) is 26.5. The van der Waals surface area contributed by atoms with Crippen molar-refractivity contribution in [2.45, 2.75) is 11.7 Å². The Morgan fingerprint density at radius 3 is 2.50 bits per heavy atom. The molecular formula is C28H22N6O3S. The summed E-state index contributed by atoms with van der Waals surface area (Å²) in [4.78, 5) is 27.8. The first kappa shape index (κ1) is 24.8. The summed E-state index contributed by atoms with van der Waals surface area (Å²) in [6.45, 7) is 4.33. The molecule has 0 aliphatic heterocycles. The van der Waals surface area contributed by atoms with Gasteiger partial charge in [0.1, 0.15) is 0 Å². The molecule has 9 nitrogen and oxygen atoms in total. The Morgan fingerprint density at radius 1 is 1.03 bits per heavy atom. The van der Waals surface area contributed by atoms with Crippen molar-refractivity contribution in [3.63, 3.8) is 0 Å². The van der Waals surface area contributed by atoms with Crippen molar-refractivity contribution < 1.29 is 9.72 Å². The second-order valence-corrected chi connectivity index (χ2v) is 9.23. The average molecular weight is 523 g/mol. The van der Waals surface area contributed by atoms with Gasteiger partial charge in [0.15, 0.2) is 11.0 Å². The molecule has 5 aromatic rings. The number of fused-ring (bicyclic) bond motifs is 1. The third-order valence-electron chi connectivity index (χ3n) is 5.75. The largest absolute Gasteiger partial charge is 0.325 e. The van der Waals surface area contributed by atoms with E-state index in [1.54, 1.807) is 6.08 Å². The number of nitrogens with zero attached hydrogens (tertiary/aromatic N) is 5. The number of amides is 1. The predicted molar refractivity (Wildman–Crippen MR) is 149 cm³/mol. The zero-order valence-electron chi connectivity index (χ0n) is 20.2. The highest BCUT2D eigenvalue weighted by Gasteiger charge is 2.19. The van der Waals surface area contributed by atoms with E-state index >= 15 is 0 Å². The van der Waals surface area contributed by atoms with Gasteiger partial charge in [-0.25, -0.2) is 4.98 Å². The molecule has 0 saturated carbocycles. The number of non-ortho nitro benzene ring substituents is 1. The van der Waals surface area contributed by atoms with Gasteiger partial charge in [0.2, 0.25) is 5.91 Å². The van der Waals surface area contributed by atoms with Gasteiger partial charge < -0.3 is 5.32 Å². The van der Waals surface area contributed by atoms with Crippen LogP contribution in [0.4, 0.5) is 11.4 Å². The normalized spacial score (nSPS) is 10.8. The van der Waals surface area contributed by atoms with Crippen LogP contribution < -0.4 is 5.32 Å². The van der Waals surface area contributed by atoms with E-state index in [4.69, 9.17) is 4.98 Å². The number of nitrogens with one attached hydrogen (secondary N) is 1. The number of aromatic nitrogens is 4. The van der Waals surface area contributed by atoms with Gasteiger partial charge in [-0.15, -0.1) is 16.8 Å². The van der Waals surface area contributed by atoms with Gasteiger partial charge in [-0.2, -0.15) is 0 Å². The third kappa shape index (κ3) is 5.30. The highest BCUT2D eigenvalue weighted by atomic mass is 32.2. The Morgan fingerprint density at radius 2 is 1.76 bits per heavy atom. The molecule has 2 heterocycles. The van der Waals surface area contributed by atoms with Crippen molar-refractivity contribution in [1.29, 1.82) is 0 Å². The summed E-state index contributed by atoms with van der Waals surface area (Å²) < 4.78 is 1.92. The molecule has 3 aromatic carbocycles. The fourth-order valence-corrected chi connectivity index (χ4v) is 4.75. The van der Waals surface area contributed by atoms with Crippen molar-refractivity contribution in [3.8, 4) is 22.6 Å². The molecule has 0 aliphatic carbocycles. The number of thioether (sulfide) groups is 1. The van der Waals surface area contributed by atoms with Crippen molar-refractivity contribution in [2.75, 3.05) is 11.1 Å². The first-order valence-electron chi connectivity index (χ1n) is 11.7. The number of carbonyl (C=O) groups excluding carboxylic acids is 1. The first-order valence-corrected chi connectivity index (χ1v) is 12.7. The summed E-state index contributed by atoms with van der Waals surface area (Å²) >= 11 is 1.25. The molecule has 0 saturated heterocycles. The van der Waals surface area contributed by atoms with Gasteiger partial charge in [0, 0.05) is 40.9 Å². The van der Waals surface area contributed by atoms with Crippen LogP contribution in [0.1, 0.15) is 0 Å². The molecule has 0 unspecified atom stereocenters. The lowest BCUT2D eigenvalue weighted by atomic mass is 10.0. The van der Waals surface area contributed by atoms with Crippen molar-refractivity contribution in [1.82, 2.24) is 19.7 Å². The summed E-state index contributed by atoms with van der Waals surface area (Å²) in [6.07, 6.45) is 1.76. The molecule has 38 heavy (non-hydrogen) atoms. The number of anilines is 1. The Bertz CT molecular complexity index is 1630. The van der Waals surface area contributed by atoms with Gasteiger partial charge in [-0.1, -0.05) is 66.4 Å². The second kappa shape index (κ2) is 11.1. The summed E-state index contributed by atoms with van der Waals surface area (Å²) in [5.74, 6) is 0.469. The molecule has 0 radical (unpaired) electrons. The van der Waals surface area contributed by atoms with Gasteiger partial charge in [-0.3, -0.25) is 19.5 Å². The minimum absolute atomic E-state index is 0.0403. The number of nitro groups is 1. The van der Waals surface area contributed by atoms with Crippen LogP contribution in [0, 0.1) is 10.1 Å². The number of rotatable bonds is 9. The molecule has 1 amide bonds. The summed E-state index contributed by atoms with van der Waals surface area (Å²) in [5, 5.41) is 24.0. The Labute approximate surface area is 222 Å². The molecule has 0 atom stereocenters. The van der Waals surface area contributed by atoms with Crippen LogP contribution >= 0.6 is 11.8 Å². The number of carbonyl (C=O) groups is 1. The number of hydrogen-bond acceptors (Lipinski definition) is 7. The molecule has 10 heteroatoms. The number of allylic oxidation sites excluding steroid dienone is 1. The fraction of sp³-hybridized carbons (Fsp3) is 0.0714. The number of hydrogen-bond donors (Lipinski definition) is 1. The summed E-state index contributed by atoms with van der Waals surface area (Å²) in [5.41, 5.74) is 3.98. The SMILES string of the molecule is C=CCn1c(SCC(=O)Nc2ccc([N+](=O)[O-])cc2)nnc1-c1cc(-c2ccccc2)nc2ccccc12. The van der Waals surface area contributed by atoms with E-state index in [1.807, 2.05) is 65.2 Å². The molecule has 2 aromatic heterocycles. The lowest BCUT2D eigenvalue weighted by Gasteiger charge is -2.12. The molecule has 5 rings (SSSR count). The van der Waals surface area contributed by atoms with E-state index in [2.05, 4.69) is 22.1 Å². The van der Waals surface area contributed by atoms with Gasteiger partial charge >= 0.3 is 0 Å². The Kier molecular flexibility index (Phi) is 7.23. The average Bonchev–Trinajstić information content (AvgIpc) is 3.34. The van der Waals surface area contributed by atoms with E-state index in [0.717, 1.165) is 27.7 Å². The minimum atomic E-state index is -0.486. The standard InChI is InChI=1S/C28H22N6O3S/c1-2-16-33-27(23-17-25(19-8-4-3-5-9-19)30-24-11-7-6-10-22(23)24)31-32-28(33)38-18-26(35)29-20-12-14-21(15-13-20)34(36)37/h2-15,17H,1,16,18H2,(H,29,35). The predicted octanol–water partition coefficient (Wildman–Crippen LogP) is 5.99. The fourth-order valence-electron chi connectivity index (χ4n) is 4.00. The minimum Gasteiger partial charge on any atom is -0.325 e. The van der Waals surface area contributed by atoms with E-state index < -0.39 is 4.92 Å². The van der Waals surface area contributed by atoms with E-state index in [-0.39, 0.29) is 17.3 Å². The van der Waals surface area contributed by atoms with Crippen molar-refractivity contribution >= 4 is 39.9 Å². The first-order chi connectivity index (χ1) is 18.5. The summed E-state index contributed by atoms with van der Waals surface area (Å²) in [6, 6.07) is 25.5. The smallest absolute Gasteiger partial charge is 0.269 e. The monoisotopic (exact) mass is 522 g/mol. The van der Waals surface area contributed by atoms with E-state index in [0.29, 0.717) is 23.2 Å². The number of pyridine rings is 1. The van der Waals surface area contributed by atoms with Crippen LogP contribution in [0.2, 0.25) is 0 Å². The van der Waals surface area contributed by atoms with Gasteiger partial charge in [0.05, 0.1) is 21.9 Å². The molecule has 0 fully saturated rings. The van der Waals surface area contributed by atoms with Crippen LogP contribution in [-0.4, -0.2) is 36.3 Å². The Hall–Kier alpha value is -4.83. The van der Waals surface area contributed by atoms with Gasteiger partial charge in [0.25, 0.3) is 5.69 Å². The molecule has 1 N–H and O–H groups in total. The maximum atomic E-state index is 12.6. The topological polar surface area (TPSA) is 116 Å². The van der Waals surface area contributed by atoms with Gasteiger partial charge in [-0.05, 0) is 24.3 Å². The maximum Gasteiger partial charge on any atom is 0.269 e. The molecule has 188 valence electrons. The van der Waals surface area contributed by atoms with Crippen LogP contribution in [0.3, 0.4) is 0 Å². The summed E-state index contributed by atoms with van der Waals surface area (Å²) in [7, 11) is 0. The van der Waals surface area contributed by atoms with Crippen molar-refractivity contribution in [2.24, 2.45) is 0 Å². The molecule has 0 aliphatic rings. The van der Waals surface area contributed by atoms with E-state index in [1.165, 1.54) is 36.0 Å². The Balaban J connectivity index is 1.43. The maximum absolute atomic E-state index is 12.6. The quantitative estimate of drug-likeness (QED) is 0.109. The number of benzene rings is 3. The highest BCUT2D eigenvalue weighted by Crippen LogP contribution is 2.33. The zero-order valence-corrected chi connectivity index (χ0v) is 21.0. The van der Waals surface area contributed by atoms with Crippen LogP contribution in [0.15, 0.2) is 103 Å². The molecular weight excluding hydrogens is 500 g/mol. The highest BCUT2D eigenvalue weighted by molar-refractivity contribution is 7.99. The van der Waals surface area contributed by atoms with Crippen LogP contribution in [0.5, 0.6) is 0 Å². The third-order valence-corrected chi connectivity index (χ3v) is 6.72. The lowest BCUT2D eigenvalue weighted by Crippen LogP contribution is -2.14. The van der Waals surface area contributed by atoms with E-state index in [9.17, 15) is 14.9 Å². The van der Waals surface area contributed by atoms with Crippen LogP contribution in [-0.2, 0) is 11.3 Å².